The summed E-state index contributed by atoms with van der Waals surface area (Å²) < 4.78 is 5.74. The van der Waals surface area contributed by atoms with Crippen molar-refractivity contribution in [2.24, 2.45) is 4.99 Å². The first-order chi connectivity index (χ1) is 13.7. The predicted molar refractivity (Wildman–Crippen MR) is 125 cm³/mol. The Kier molecular flexibility index (Phi) is 9.17. The standard InChI is InChI=1S/C21H26N4O3.HI/c1-2-3-13-22-21(23-15-16-8-10-17(11-9-16)25(26)27)24-19-12-14-28-20-7-5-4-6-18(19)20;/h4-11,19H,2-3,12-15H2,1H3,(H2,22,23,24);1H. The van der Waals surface area contributed by atoms with Gasteiger partial charge >= 0.3 is 0 Å². The molecule has 3 rings (SSSR count). The fraction of sp³-hybridized carbons (Fsp3) is 0.381. The molecule has 1 aliphatic heterocycles. The lowest BCUT2D eigenvalue weighted by Crippen LogP contribution is -2.41. The van der Waals surface area contributed by atoms with Crippen molar-refractivity contribution < 1.29 is 9.66 Å². The van der Waals surface area contributed by atoms with E-state index in [0.29, 0.717) is 13.2 Å². The third kappa shape index (κ3) is 6.59. The smallest absolute Gasteiger partial charge is 0.269 e. The minimum Gasteiger partial charge on any atom is -0.493 e. The zero-order valence-corrected chi connectivity index (χ0v) is 18.8. The number of para-hydroxylation sites is 1. The van der Waals surface area contributed by atoms with Crippen LogP contribution in [0.2, 0.25) is 0 Å². The molecule has 1 unspecified atom stereocenters. The number of hydrogen-bond donors (Lipinski definition) is 2. The Morgan fingerprint density at radius 1 is 1.24 bits per heavy atom. The van der Waals surface area contributed by atoms with Crippen LogP contribution in [0.25, 0.3) is 0 Å². The van der Waals surface area contributed by atoms with Crippen LogP contribution in [0.1, 0.15) is 43.4 Å². The van der Waals surface area contributed by atoms with E-state index >= 15 is 0 Å². The van der Waals surface area contributed by atoms with Gasteiger partial charge in [0.05, 0.1) is 24.1 Å². The summed E-state index contributed by atoms with van der Waals surface area (Å²) in [4.78, 5) is 15.1. The maximum Gasteiger partial charge on any atom is 0.269 e. The summed E-state index contributed by atoms with van der Waals surface area (Å²) in [5.74, 6) is 1.66. The summed E-state index contributed by atoms with van der Waals surface area (Å²) in [6.07, 6.45) is 3.02. The zero-order valence-electron chi connectivity index (χ0n) is 16.5. The summed E-state index contributed by atoms with van der Waals surface area (Å²) in [6, 6.07) is 14.7. The van der Waals surface area contributed by atoms with Gasteiger partial charge in [0.25, 0.3) is 5.69 Å². The van der Waals surface area contributed by atoms with E-state index in [1.54, 1.807) is 12.1 Å². The van der Waals surface area contributed by atoms with Crippen LogP contribution in [0.15, 0.2) is 53.5 Å². The van der Waals surface area contributed by atoms with Crippen LogP contribution in [0.5, 0.6) is 5.75 Å². The Bertz CT molecular complexity index is 827. The summed E-state index contributed by atoms with van der Waals surface area (Å²) in [5.41, 5.74) is 2.15. The number of benzene rings is 2. The van der Waals surface area contributed by atoms with E-state index in [0.717, 1.165) is 48.6 Å². The largest absolute Gasteiger partial charge is 0.493 e. The van der Waals surface area contributed by atoms with Gasteiger partial charge < -0.3 is 15.4 Å². The molecule has 156 valence electrons. The zero-order chi connectivity index (χ0) is 19.8. The van der Waals surface area contributed by atoms with Crippen LogP contribution < -0.4 is 15.4 Å². The number of fused-ring (bicyclic) bond motifs is 1. The van der Waals surface area contributed by atoms with Crippen molar-refractivity contribution >= 4 is 35.6 Å². The molecule has 2 aromatic rings. The molecule has 1 atom stereocenters. The van der Waals surface area contributed by atoms with Gasteiger partial charge in [0, 0.05) is 30.7 Å². The molecular weight excluding hydrogens is 483 g/mol. The third-order valence-electron chi connectivity index (χ3n) is 4.66. The van der Waals surface area contributed by atoms with E-state index in [9.17, 15) is 10.1 Å². The first kappa shape index (κ1) is 22.9. The number of ether oxygens (including phenoxy) is 1. The average Bonchev–Trinajstić information content (AvgIpc) is 2.72. The van der Waals surface area contributed by atoms with Crippen LogP contribution in [0.3, 0.4) is 0 Å². The number of non-ortho nitro benzene ring substituents is 1. The Morgan fingerprint density at radius 2 is 2.00 bits per heavy atom. The molecule has 0 radical (unpaired) electrons. The number of halogens is 1. The molecule has 0 amide bonds. The highest BCUT2D eigenvalue weighted by Crippen LogP contribution is 2.31. The highest BCUT2D eigenvalue weighted by Gasteiger charge is 2.21. The van der Waals surface area contributed by atoms with Crippen molar-refractivity contribution in [1.82, 2.24) is 10.6 Å². The lowest BCUT2D eigenvalue weighted by atomic mass is 10.0. The van der Waals surface area contributed by atoms with Gasteiger partial charge in [-0.15, -0.1) is 24.0 Å². The second-order valence-corrected chi connectivity index (χ2v) is 6.74. The van der Waals surface area contributed by atoms with Crippen molar-refractivity contribution in [3.63, 3.8) is 0 Å². The molecule has 2 N–H and O–H groups in total. The predicted octanol–water partition coefficient (Wildman–Crippen LogP) is 4.57. The minimum atomic E-state index is -0.394. The number of guanidine groups is 1. The van der Waals surface area contributed by atoms with Crippen LogP contribution in [-0.2, 0) is 6.54 Å². The van der Waals surface area contributed by atoms with Gasteiger partial charge in [-0.1, -0.05) is 43.7 Å². The third-order valence-corrected chi connectivity index (χ3v) is 4.66. The quantitative estimate of drug-likeness (QED) is 0.142. The van der Waals surface area contributed by atoms with Crippen molar-refractivity contribution in [1.29, 1.82) is 0 Å². The second kappa shape index (κ2) is 11.6. The highest BCUT2D eigenvalue weighted by molar-refractivity contribution is 14.0. The van der Waals surface area contributed by atoms with E-state index in [-0.39, 0.29) is 35.7 Å². The average molecular weight is 510 g/mol. The van der Waals surface area contributed by atoms with Crippen molar-refractivity contribution in [3.8, 4) is 5.75 Å². The SMILES string of the molecule is CCCCNC(=NCc1ccc([N+](=O)[O-])cc1)NC1CCOc2ccccc21.I. The topological polar surface area (TPSA) is 88.8 Å². The van der Waals surface area contributed by atoms with Crippen molar-refractivity contribution in [2.75, 3.05) is 13.2 Å². The van der Waals surface area contributed by atoms with E-state index in [1.807, 2.05) is 18.2 Å². The van der Waals surface area contributed by atoms with Crippen LogP contribution in [0, 0.1) is 10.1 Å². The lowest BCUT2D eigenvalue weighted by molar-refractivity contribution is -0.384. The molecule has 0 bridgehead atoms. The molecule has 8 heteroatoms. The number of nitro groups is 1. The number of rotatable bonds is 7. The Labute approximate surface area is 188 Å². The molecular formula is C21H27IN4O3. The lowest BCUT2D eigenvalue weighted by Gasteiger charge is -2.28. The van der Waals surface area contributed by atoms with Gasteiger partial charge in [0.15, 0.2) is 5.96 Å². The molecule has 1 aliphatic rings. The maximum absolute atomic E-state index is 10.8. The molecule has 0 aliphatic carbocycles. The first-order valence-electron chi connectivity index (χ1n) is 9.67. The second-order valence-electron chi connectivity index (χ2n) is 6.74. The summed E-state index contributed by atoms with van der Waals surface area (Å²) in [7, 11) is 0. The number of unbranched alkanes of at least 4 members (excludes halogenated alkanes) is 1. The normalized spacial score (nSPS) is 15.5. The molecule has 0 saturated heterocycles. The van der Waals surface area contributed by atoms with E-state index in [4.69, 9.17) is 9.73 Å². The molecule has 2 aromatic carbocycles. The number of aliphatic imine (C=N–C) groups is 1. The van der Waals surface area contributed by atoms with Crippen molar-refractivity contribution in [3.05, 3.63) is 69.8 Å². The molecule has 0 spiro atoms. The first-order valence-corrected chi connectivity index (χ1v) is 9.67. The highest BCUT2D eigenvalue weighted by atomic mass is 127. The van der Waals surface area contributed by atoms with Crippen LogP contribution in [0.4, 0.5) is 5.69 Å². The molecule has 0 fully saturated rings. The van der Waals surface area contributed by atoms with Gasteiger partial charge in [-0.25, -0.2) is 4.99 Å². The fourth-order valence-corrected chi connectivity index (χ4v) is 3.09. The van der Waals surface area contributed by atoms with E-state index in [2.05, 4.69) is 23.6 Å². The monoisotopic (exact) mass is 510 g/mol. The van der Waals surface area contributed by atoms with Crippen LogP contribution in [-0.4, -0.2) is 24.0 Å². The molecule has 0 aromatic heterocycles. The fourth-order valence-electron chi connectivity index (χ4n) is 3.09. The number of nitrogens with zero attached hydrogens (tertiary/aromatic N) is 2. The Balaban J connectivity index is 0.00000300. The van der Waals surface area contributed by atoms with Gasteiger partial charge in [-0.05, 0) is 18.1 Å². The molecule has 1 heterocycles. The van der Waals surface area contributed by atoms with Crippen LogP contribution >= 0.6 is 24.0 Å². The van der Waals surface area contributed by atoms with Crippen molar-refractivity contribution in [2.45, 2.75) is 38.8 Å². The van der Waals surface area contributed by atoms with Gasteiger partial charge in [-0.3, -0.25) is 10.1 Å². The Morgan fingerprint density at radius 3 is 2.72 bits per heavy atom. The number of hydrogen-bond acceptors (Lipinski definition) is 4. The minimum absolute atomic E-state index is 0. The number of nitrogens with one attached hydrogen (secondary N) is 2. The van der Waals surface area contributed by atoms with Gasteiger partial charge in [-0.2, -0.15) is 0 Å². The molecule has 7 nitrogen and oxygen atoms in total. The van der Waals surface area contributed by atoms with Gasteiger partial charge in [0.2, 0.25) is 0 Å². The maximum atomic E-state index is 10.8. The Hall–Kier alpha value is -2.36. The molecule has 29 heavy (non-hydrogen) atoms. The van der Waals surface area contributed by atoms with E-state index < -0.39 is 4.92 Å². The number of nitro benzene ring substituents is 1. The molecule has 0 saturated carbocycles. The summed E-state index contributed by atoms with van der Waals surface area (Å²) in [6.45, 7) is 4.11. The summed E-state index contributed by atoms with van der Waals surface area (Å²) >= 11 is 0. The van der Waals surface area contributed by atoms with E-state index in [1.165, 1.54) is 12.1 Å². The summed E-state index contributed by atoms with van der Waals surface area (Å²) in [5, 5.41) is 17.7. The van der Waals surface area contributed by atoms with Gasteiger partial charge in [0.1, 0.15) is 5.75 Å².